The van der Waals surface area contributed by atoms with E-state index in [1.807, 2.05) is 51.1 Å². The zero-order valence-electron chi connectivity index (χ0n) is 25.1. The molecule has 0 unspecified atom stereocenters. The molecule has 236 valence electrons. The average Bonchev–Trinajstić information content (AvgIpc) is 2.99. The van der Waals surface area contributed by atoms with Crippen LogP contribution in [0.2, 0.25) is 15.1 Å². The average molecular weight is 687 g/mol. The van der Waals surface area contributed by atoms with Crippen LogP contribution in [0, 0.1) is 0 Å². The Kier molecular flexibility index (Phi) is 11.2. The van der Waals surface area contributed by atoms with Gasteiger partial charge in [0.15, 0.2) is 0 Å². The second-order valence-corrected chi connectivity index (χ2v) is 14.6. The number of halogens is 3. The fourth-order valence-electron chi connectivity index (χ4n) is 4.72. The van der Waals surface area contributed by atoms with Crippen molar-refractivity contribution in [2.75, 3.05) is 10.8 Å². The van der Waals surface area contributed by atoms with Crippen LogP contribution in [0.3, 0.4) is 0 Å². The highest BCUT2D eigenvalue weighted by molar-refractivity contribution is 7.92. The molecule has 4 rings (SSSR count). The van der Waals surface area contributed by atoms with Gasteiger partial charge in [0.1, 0.15) is 12.6 Å². The first kappa shape index (κ1) is 34.3. The fraction of sp³-hybridized carbons (Fsp3) is 0.235. The second kappa shape index (κ2) is 14.7. The number of carbonyl (C=O) groups is 2. The number of rotatable bonds is 11. The van der Waals surface area contributed by atoms with Gasteiger partial charge in [-0.2, -0.15) is 0 Å². The van der Waals surface area contributed by atoms with Crippen molar-refractivity contribution >= 4 is 62.3 Å². The van der Waals surface area contributed by atoms with Crippen LogP contribution in [0.15, 0.2) is 108 Å². The number of nitrogens with one attached hydrogen (secondary N) is 1. The Bertz CT molecular complexity index is 1710. The van der Waals surface area contributed by atoms with Crippen LogP contribution in [0.4, 0.5) is 5.69 Å². The predicted octanol–water partition coefficient (Wildman–Crippen LogP) is 7.40. The normalized spacial score (nSPS) is 12.3. The summed E-state index contributed by atoms with van der Waals surface area (Å²) in [7, 11) is -4.23. The van der Waals surface area contributed by atoms with E-state index < -0.39 is 40.0 Å². The zero-order chi connectivity index (χ0) is 32.8. The zero-order valence-corrected chi connectivity index (χ0v) is 28.2. The van der Waals surface area contributed by atoms with Crippen LogP contribution in [-0.2, 0) is 32.6 Å². The van der Waals surface area contributed by atoms with Crippen molar-refractivity contribution in [3.05, 3.63) is 129 Å². The Hall–Kier alpha value is -3.56. The maximum absolute atomic E-state index is 14.5. The predicted molar refractivity (Wildman–Crippen MR) is 181 cm³/mol. The van der Waals surface area contributed by atoms with Gasteiger partial charge in [-0.15, -0.1) is 0 Å². The molecule has 0 bridgehead atoms. The molecule has 0 aliphatic carbocycles. The van der Waals surface area contributed by atoms with E-state index in [1.54, 1.807) is 48.5 Å². The Balaban J connectivity index is 1.84. The molecular formula is C34H34Cl3N3O4S. The van der Waals surface area contributed by atoms with Gasteiger partial charge in [-0.3, -0.25) is 13.9 Å². The lowest BCUT2D eigenvalue weighted by Gasteiger charge is -2.35. The van der Waals surface area contributed by atoms with E-state index >= 15 is 0 Å². The Labute approximate surface area is 279 Å². The summed E-state index contributed by atoms with van der Waals surface area (Å²) in [6, 6.07) is 27.2. The quantitative estimate of drug-likeness (QED) is 0.178. The van der Waals surface area contributed by atoms with E-state index in [9.17, 15) is 18.0 Å². The minimum Gasteiger partial charge on any atom is -0.350 e. The molecule has 7 nitrogen and oxygen atoms in total. The van der Waals surface area contributed by atoms with Gasteiger partial charge >= 0.3 is 0 Å². The van der Waals surface area contributed by atoms with Gasteiger partial charge in [0.25, 0.3) is 10.0 Å². The minimum atomic E-state index is -4.23. The molecule has 0 saturated carbocycles. The molecule has 11 heteroatoms. The molecule has 0 radical (unpaired) electrons. The van der Waals surface area contributed by atoms with E-state index in [-0.39, 0.29) is 23.5 Å². The van der Waals surface area contributed by atoms with Gasteiger partial charge in [0.2, 0.25) is 11.8 Å². The summed E-state index contributed by atoms with van der Waals surface area (Å²) in [6.45, 7) is 4.77. The molecule has 0 aliphatic heterocycles. The lowest BCUT2D eigenvalue weighted by Crippen LogP contribution is -2.56. The largest absolute Gasteiger partial charge is 0.350 e. The number of hydrogen-bond acceptors (Lipinski definition) is 4. The molecule has 1 N–H and O–H groups in total. The SMILES string of the molecule is CC(C)(C)NC(=O)[C@H](Cc1ccccc1)N(Cc1c(Cl)cccc1Cl)C(=O)CN(c1ccc(Cl)cc1)S(=O)(=O)c1ccccc1. The third-order valence-electron chi connectivity index (χ3n) is 6.88. The van der Waals surface area contributed by atoms with Crippen molar-refractivity contribution in [3.8, 4) is 0 Å². The molecule has 45 heavy (non-hydrogen) atoms. The first-order valence-electron chi connectivity index (χ1n) is 14.2. The number of anilines is 1. The van der Waals surface area contributed by atoms with Crippen LogP contribution in [0.5, 0.6) is 0 Å². The Morgan fingerprint density at radius 1 is 0.778 bits per heavy atom. The Morgan fingerprint density at radius 3 is 1.89 bits per heavy atom. The van der Waals surface area contributed by atoms with Crippen molar-refractivity contribution < 1.29 is 18.0 Å². The molecule has 4 aromatic rings. The molecule has 0 saturated heterocycles. The number of hydrogen-bond donors (Lipinski definition) is 1. The molecule has 0 spiro atoms. The van der Waals surface area contributed by atoms with E-state index in [1.165, 1.54) is 29.2 Å². The van der Waals surface area contributed by atoms with Crippen LogP contribution in [0.25, 0.3) is 0 Å². The fourth-order valence-corrected chi connectivity index (χ4v) is 6.79. The van der Waals surface area contributed by atoms with Crippen LogP contribution in [-0.4, -0.2) is 43.3 Å². The number of nitrogens with zero attached hydrogens (tertiary/aromatic N) is 2. The summed E-state index contributed by atoms with van der Waals surface area (Å²) in [4.78, 5) is 29.8. The van der Waals surface area contributed by atoms with Crippen molar-refractivity contribution in [2.24, 2.45) is 0 Å². The van der Waals surface area contributed by atoms with Crippen molar-refractivity contribution in [1.82, 2.24) is 10.2 Å². The van der Waals surface area contributed by atoms with Crippen LogP contribution >= 0.6 is 34.8 Å². The highest BCUT2D eigenvalue weighted by Crippen LogP contribution is 2.29. The van der Waals surface area contributed by atoms with Crippen LogP contribution in [0.1, 0.15) is 31.9 Å². The van der Waals surface area contributed by atoms with E-state index in [2.05, 4.69) is 5.32 Å². The van der Waals surface area contributed by atoms with Gasteiger partial charge < -0.3 is 10.2 Å². The molecule has 4 aromatic carbocycles. The van der Waals surface area contributed by atoms with Gasteiger partial charge in [0, 0.05) is 39.1 Å². The summed E-state index contributed by atoms with van der Waals surface area (Å²) in [5.74, 6) is -1.04. The van der Waals surface area contributed by atoms with E-state index in [0.717, 1.165) is 9.87 Å². The maximum Gasteiger partial charge on any atom is 0.264 e. The molecule has 2 amide bonds. The van der Waals surface area contributed by atoms with E-state index in [0.29, 0.717) is 20.6 Å². The summed E-state index contributed by atoms with van der Waals surface area (Å²) < 4.78 is 29.1. The molecule has 0 fully saturated rings. The highest BCUT2D eigenvalue weighted by atomic mass is 35.5. The molecule has 0 aliphatic rings. The first-order valence-corrected chi connectivity index (χ1v) is 16.8. The van der Waals surface area contributed by atoms with Crippen molar-refractivity contribution in [1.29, 1.82) is 0 Å². The first-order chi connectivity index (χ1) is 21.3. The smallest absolute Gasteiger partial charge is 0.264 e. The topological polar surface area (TPSA) is 86.8 Å². The van der Waals surface area contributed by atoms with E-state index in [4.69, 9.17) is 34.8 Å². The molecule has 1 atom stereocenters. The lowest BCUT2D eigenvalue weighted by atomic mass is 10.0. The highest BCUT2D eigenvalue weighted by Gasteiger charge is 2.36. The molecule has 0 aromatic heterocycles. The lowest BCUT2D eigenvalue weighted by molar-refractivity contribution is -0.140. The summed E-state index contributed by atoms with van der Waals surface area (Å²) in [5.41, 5.74) is 0.848. The standard InChI is InChI=1S/C34H34Cl3N3O4S/c1-34(2,3)38-33(42)31(21-24-11-6-4-7-12-24)39(22-28-29(36)15-10-16-30(28)37)32(41)23-40(26-19-17-25(35)18-20-26)45(43,44)27-13-8-5-9-14-27/h4-20,31H,21-23H2,1-3H3,(H,38,42)/t31-/m0/s1. The minimum absolute atomic E-state index is 0.000223. The second-order valence-electron chi connectivity index (χ2n) is 11.5. The number of carbonyl (C=O) groups excluding carboxylic acids is 2. The number of amides is 2. The Morgan fingerprint density at radius 2 is 1.33 bits per heavy atom. The molecular weight excluding hydrogens is 653 g/mol. The summed E-state index contributed by atoms with van der Waals surface area (Å²) in [5, 5.41) is 4.01. The third-order valence-corrected chi connectivity index (χ3v) is 9.63. The maximum atomic E-state index is 14.5. The van der Waals surface area contributed by atoms with Gasteiger partial charge in [-0.05, 0) is 74.9 Å². The van der Waals surface area contributed by atoms with Gasteiger partial charge in [-0.25, -0.2) is 8.42 Å². The molecule has 0 heterocycles. The monoisotopic (exact) mass is 685 g/mol. The van der Waals surface area contributed by atoms with Crippen molar-refractivity contribution in [3.63, 3.8) is 0 Å². The number of sulfonamides is 1. The van der Waals surface area contributed by atoms with Crippen molar-refractivity contribution in [2.45, 2.75) is 50.2 Å². The van der Waals surface area contributed by atoms with Crippen LogP contribution < -0.4 is 9.62 Å². The summed E-state index contributed by atoms with van der Waals surface area (Å²) >= 11 is 19.2. The third kappa shape index (κ3) is 9.01. The summed E-state index contributed by atoms with van der Waals surface area (Å²) in [6.07, 6.45) is 0.156. The number of benzene rings is 4. The van der Waals surface area contributed by atoms with Gasteiger partial charge in [-0.1, -0.05) is 89.4 Å². The van der Waals surface area contributed by atoms with Gasteiger partial charge in [0.05, 0.1) is 10.6 Å².